The minimum Gasteiger partial charge on any atom is -0.103 e. The van der Waals surface area contributed by atoms with Crippen molar-refractivity contribution in [3.63, 3.8) is 0 Å². The van der Waals surface area contributed by atoms with E-state index in [0.29, 0.717) is 5.92 Å². The van der Waals surface area contributed by atoms with Crippen LogP contribution in [0.15, 0.2) is 25.3 Å². The molecule has 12 heavy (non-hydrogen) atoms. The first kappa shape index (κ1) is 9.57. The summed E-state index contributed by atoms with van der Waals surface area (Å²) in [6, 6.07) is 0. The Kier molecular flexibility index (Phi) is 3.13. The van der Waals surface area contributed by atoms with Crippen molar-refractivity contribution in [2.75, 3.05) is 0 Å². The van der Waals surface area contributed by atoms with Crippen molar-refractivity contribution in [2.45, 2.75) is 32.1 Å². The fourth-order valence-electron chi connectivity index (χ4n) is 2.31. The Bertz CT molecular complexity index is 169. The summed E-state index contributed by atoms with van der Waals surface area (Å²) in [4.78, 5) is 0. The van der Waals surface area contributed by atoms with Crippen molar-refractivity contribution in [2.24, 2.45) is 11.3 Å². The smallest absolute Gasteiger partial charge is 0.00583 e. The first-order valence-corrected chi connectivity index (χ1v) is 4.84. The third kappa shape index (κ3) is 1.48. The van der Waals surface area contributed by atoms with Crippen molar-refractivity contribution in [1.82, 2.24) is 0 Å². The van der Waals surface area contributed by atoms with Gasteiger partial charge in [0.1, 0.15) is 0 Å². The van der Waals surface area contributed by atoms with Crippen LogP contribution in [0.2, 0.25) is 0 Å². The topological polar surface area (TPSA) is 0 Å². The van der Waals surface area contributed by atoms with Crippen LogP contribution in [0.5, 0.6) is 0 Å². The molecule has 0 aromatic carbocycles. The second-order valence-electron chi connectivity index (χ2n) is 3.78. The van der Waals surface area contributed by atoms with E-state index in [9.17, 15) is 0 Å². The number of hydrogen-bond donors (Lipinski definition) is 0. The van der Waals surface area contributed by atoms with E-state index in [1.807, 2.05) is 0 Å². The van der Waals surface area contributed by atoms with E-state index in [1.54, 1.807) is 0 Å². The Morgan fingerprint density at radius 3 is 2.50 bits per heavy atom. The summed E-state index contributed by atoms with van der Waals surface area (Å²) in [6.07, 6.45) is 10.3. The van der Waals surface area contributed by atoms with Crippen LogP contribution in [-0.2, 0) is 0 Å². The zero-order valence-corrected chi connectivity index (χ0v) is 7.89. The van der Waals surface area contributed by atoms with Gasteiger partial charge in [-0.05, 0) is 30.6 Å². The molecule has 1 fully saturated rings. The molecule has 0 aromatic rings. The van der Waals surface area contributed by atoms with Gasteiger partial charge in [-0.2, -0.15) is 0 Å². The van der Waals surface area contributed by atoms with Crippen molar-refractivity contribution in [3.8, 4) is 0 Å². The Labute approximate surface area is 76.4 Å². The van der Waals surface area contributed by atoms with Crippen LogP contribution in [0, 0.1) is 18.3 Å². The lowest BCUT2D eigenvalue weighted by molar-refractivity contribution is 0.193. The summed E-state index contributed by atoms with van der Waals surface area (Å²) < 4.78 is 0. The molecule has 0 aliphatic heterocycles. The molecule has 1 aliphatic carbocycles. The molecule has 67 valence electrons. The van der Waals surface area contributed by atoms with Gasteiger partial charge in [0.15, 0.2) is 0 Å². The molecule has 0 amide bonds. The molecular formula is C12H19. The molecule has 2 atom stereocenters. The molecule has 1 radical (unpaired) electrons. The van der Waals surface area contributed by atoms with Crippen molar-refractivity contribution in [3.05, 3.63) is 32.2 Å². The van der Waals surface area contributed by atoms with Gasteiger partial charge in [-0.1, -0.05) is 31.9 Å². The maximum absolute atomic E-state index is 4.03. The third-order valence-electron chi connectivity index (χ3n) is 3.30. The second-order valence-corrected chi connectivity index (χ2v) is 3.78. The third-order valence-corrected chi connectivity index (χ3v) is 3.30. The zero-order chi connectivity index (χ0) is 9.03. The summed E-state index contributed by atoms with van der Waals surface area (Å²) in [5.41, 5.74) is 0.264. The average molecular weight is 163 g/mol. The molecular weight excluding hydrogens is 144 g/mol. The quantitative estimate of drug-likeness (QED) is 0.556. The molecule has 0 aromatic heterocycles. The Balaban J connectivity index is 2.79. The summed E-state index contributed by atoms with van der Waals surface area (Å²) in [7, 11) is 0. The predicted octanol–water partition coefficient (Wildman–Crippen LogP) is 3.76. The molecule has 1 saturated carbocycles. The summed E-state index contributed by atoms with van der Waals surface area (Å²) in [5.74, 6) is 0.612. The highest BCUT2D eigenvalue weighted by Crippen LogP contribution is 2.45. The molecule has 0 saturated heterocycles. The fourth-order valence-corrected chi connectivity index (χ4v) is 2.31. The summed E-state index contributed by atoms with van der Waals surface area (Å²) in [6.45, 7) is 11.9. The Hall–Kier alpha value is -0.520. The zero-order valence-electron chi connectivity index (χ0n) is 7.89. The van der Waals surface area contributed by atoms with Gasteiger partial charge < -0.3 is 0 Å². The van der Waals surface area contributed by atoms with E-state index in [1.165, 1.54) is 25.7 Å². The van der Waals surface area contributed by atoms with Crippen LogP contribution >= 0.6 is 0 Å². The lowest BCUT2D eigenvalue weighted by Gasteiger charge is -2.40. The molecule has 0 heterocycles. The first-order chi connectivity index (χ1) is 5.79. The Morgan fingerprint density at radius 1 is 1.33 bits per heavy atom. The van der Waals surface area contributed by atoms with Gasteiger partial charge in [-0.15, -0.1) is 13.2 Å². The monoisotopic (exact) mass is 163 g/mol. The predicted molar refractivity (Wildman–Crippen MR) is 54.8 cm³/mol. The molecule has 1 rings (SSSR count). The first-order valence-electron chi connectivity index (χ1n) is 4.84. The fraction of sp³-hybridized carbons (Fsp3) is 0.583. The van der Waals surface area contributed by atoms with Crippen LogP contribution in [0.1, 0.15) is 32.1 Å². The molecule has 0 nitrogen and oxygen atoms in total. The van der Waals surface area contributed by atoms with E-state index in [4.69, 9.17) is 0 Å². The highest BCUT2D eigenvalue weighted by Gasteiger charge is 2.34. The number of rotatable bonds is 3. The minimum atomic E-state index is 0.264. The van der Waals surface area contributed by atoms with Crippen LogP contribution in [0.4, 0.5) is 0 Å². The SMILES string of the molecule is [CH2]CC1(C=C)CCCCC1C=C. The molecule has 0 N–H and O–H groups in total. The number of allylic oxidation sites excluding steroid dienone is 2. The van der Waals surface area contributed by atoms with Crippen molar-refractivity contribution >= 4 is 0 Å². The maximum Gasteiger partial charge on any atom is -0.00583 e. The van der Waals surface area contributed by atoms with E-state index >= 15 is 0 Å². The van der Waals surface area contributed by atoms with E-state index in [0.717, 1.165) is 6.42 Å². The molecule has 0 heteroatoms. The van der Waals surface area contributed by atoms with Crippen LogP contribution in [0.25, 0.3) is 0 Å². The van der Waals surface area contributed by atoms with Gasteiger partial charge in [-0.3, -0.25) is 0 Å². The van der Waals surface area contributed by atoms with Gasteiger partial charge in [0, 0.05) is 0 Å². The number of hydrogen-bond acceptors (Lipinski definition) is 0. The van der Waals surface area contributed by atoms with Gasteiger partial charge in [0.2, 0.25) is 0 Å². The minimum absolute atomic E-state index is 0.264. The van der Waals surface area contributed by atoms with Gasteiger partial charge in [-0.25, -0.2) is 0 Å². The molecule has 1 aliphatic rings. The van der Waals surface area contributed by atoms with E-state index in [2.05, 4.69) is 32.2 Å². The van der Waals surface area contributed by atoms with Crippen LogP contribution < -0.4 is 0 Å². The lowest BCUT2D eigenvalue weighted by atomic mass is 9.65. The van der Waals surface area contributed by atoms with Gasteiger partial charge >= 0.3 is 0 Å². The largest absolute Gasteiger partial charge is 0.103 e. The molecule has 2 unspecified atom stereocenters. The summed E-state index contributed by atoms with van der Waals surface area (Å²) in [5, 5.41) is 0. The average Bonchev–Trinajstić information content (AvgIpc) is 2.17. The second kappa shape index (κ2) is 3.93. The van der Waals surface area contributed by atoms with Crippen LogP contribution in [0.3, 0.4) is 0 Å². The van der Waals surface area contributed by atoms with E-state index in [-0.39, 0.29) is 5.41 Å². The van der Waals surface area contributed by atoms with Gasteiger partial charge in [0.25, 0.3) is 0 Å². The van der Waals surface area contributed by atoms with Crippen molar-refractivity contribution in [1.29, 1.82) is 0 Å². The van der Waals surface area contributed by atoms with E-state index < -0.39 is 0 Å². The lowest BCUT2D eigenvalue weighted by Crippen LogP contribution is -2.29. The highest BCUT2D eigenvalue weighted by molar-refractivity contribution is 5.06. The van der Waals surface area contributed by atoms with Crippen molar-refractivity contribution < 1.29 is 0 Å². The standard InChI is InChI=1S/C12H19/c1-4-11-9-7-8-10-12(11,5-2)6-3/h4-5,11H,1-3,6-10H2. The summed E-state index contributed by atoms with van der Waals surface area (Å²) >= 11 is 0. The Morgan fingerprint density at radius 2 is 2.08 bits per heavy atom. The van der Waals surface area contributed by atoms with Gasteiger partial charge in [0.05, 0.1) is 0 Å². The molecule has 0 spiro atoms. The van der Waals surface area contributed by atoms with Crippen LogP contribution in [-0.4, -0.2) is 0 Å². The normalized spacial score (nSPS) is 35.9. The highest BCUT2D eigenvalue weighted by atomic mass is 14.4. The maximum atomic E-state index is 4.03. The molecule has 0 bridgehead atoms.